The van der Waals surface area contributed by atoms with Crippen LogP contribution in [0.4, 0.5) is 5.13 Å². The summed E-state index contributed by atoms with van der Waals surface area (Å²) in [5, 5.41) is 11.9. The molecular weight excluding hydrogens is 496 g/mol. The highest BCUT2D eigenvalue weighted by atomic mass is 35.5. The van der Waals surface area contributed by atoms with Crippen LogP contribution in [0.15, 0.2) is 81.9 Å². The molecule has 0 unspecified atom stereocenters. The minimum atomic E-state index is -3.80. The molecule has 0 saturated carbocycles. The van der Waals surface area contributed by atoms with E-state index < -0.39 is 20.9 Å². The number of nitriles is 1. The van der Waals surface area contributed by atoms with Crippen LogP contribution in [0.5, 0.6) is 0 Å². The van der Waals surface area contributed by atoms with E-state index in [0.29, 0.717) is 33.4 Å². The topological polar surface area (TPSA) is 126 Å². The van der Waals surface area contributed by atoms with Gasteiger partial charge in [-0.2, -0.15) is 14.6 Å². The molecule has 0 aliphatic rings. The van der Waals surface area contributed by atoms with E-state index in [-0.39, 0.29) is 22.2 Å². The highest BCUT2D eigenvalue weighted by Gasteiger charge is 2.22. The number of carbonyl (C=O) groups is 1. The zero-order chi connectivity index (χ0) is 24.1. The Kier molecular flexibility index (Phi) is 6.88. The van der Waals surface area contributed by atoms with Crippen LogP contribution in [-0.2, 0) is 20.4 Å². The molecule has 8 nitrogen and oxygen atoms in total. The number of rotatable bonds is 7. The lowest BCUT2D eigenvalue weighted by molar-refractivity contribution is -0.112. The van der Waals surface area contributed by atoms with Gasteiger partial charge in [-0.3, -0.25) is 10.1 Å². The molecule has 11 heteroatoms. The van der Waals surface area contributed by atoms with Gasteiger partial charge in [-0.15, -0.1) is 0 Å². The first kappa shape index (κ1) is 23.4. The second-order valence-corrected chi connectivity index (χ2v) is 9.97. The molecule has 0 radical (unpaired) electrons. The lowest BCUT2D eigenvalue weighted by atomic mass is 10.2. The molecule has 2 heterocycles. The predicted molar refractivity (Wildman–Crippen MR) is 129 cm³/mol. The number of sulfone groups is 1. The van der Waals surface area contributed by atoms with E-state index >= 15 is 0 Å². The fraction of sp³-hybridized carbons (Fsp3) is 0.0435. The van der Waals surface area contributed by atoms with E-state index in [1.807, 2.05) is 6.07 Å². The van der Waals surface area contributed by atoms with Gasteiger partial charge in [0.05, 0.1) is 10.8 Å². The number of amides is 1. The average Bonchev–Trinajstić information content (AvgIpc) is 3.48. The number of hydrogen-bond donors (Lipinski definition) is 1. The minimum absolute atomic E-state index is 0.0472. The first-order chi connectivity index (χ1) is 16.4. The number of furan rings is 1. The Morgan fingerprint density at radius 1 is 1.12 bits per heavy atom. The molecule has 2 aromatic carbocycles. The summed E-state index contributed by atoms with van der Waals surface area (Å²) in [6.07, 6.45) is 1.27. The van der Waals surface area contributed by atoms with Crippen LogP contribution < -0.4 is 5.32 Å². The van der Waals surface area contributed by atoms with Gasteiger partial charge in [0, 0.05) is 23.2 Å². The van der Waals surface area contributed by atoms with Crippen LogP contribution in [0, 0.1) is 11.3 Å². The van der Waals surface area contributed by atoms with Gasteiger partial charge >= 0.3 is 0 Å². The summed E-state index contributed by atoms with van der Waals surface area (Å²) in [7, 11) is -3.80. The third kappa shape index (κ3) is 5.40. The number of aromatic nitrogens is 2. The van der Waals surface area contributed by atoms with Gasteiger partial charge in [0.15, 0.2) is 0 Å². The number of nitrogens with zero attached hydrogens (tertiary/aromatic N) is 3. The first-order valence-electron chi connectivity index (χ1n) is 9.74. The Morgan fingerprint density at radius 3 is 2.59 bits per heavy atom. The van der Waals surface area contributed by atoms with Gasteiger partial charge < -0.3 is 4.42 Å². The van der Waals surface area contributed by atoms with Crippen LogP contribution >= 0.6 is 23.1 Å². The number of nitrogens with one attached hydrogen (secondary N) is 1. The molecule has 1 N–H and O–H groups in total. The lowest BCUT2D eigenvalue weighted by Crippen LogP contribution is -2.13. The van der Waals surface area contributed by atoms with Gasteiger partial charge in [-0.25, -0.2) is 8.42 Å². The molecule has 0 atom stereocenters. The van der Waals surface area contributed by atoms with E-state index in [4.69, 9.17) is 16.0 Å². The maximum Gasteiger partial charge on any atom is 0.268 e. The Balaban J connectivity index is 1.48. The van der Waals surface area contributed by atoms with Gasteiger partial charge in [0.1, 0.15) is 23.2 Å². The van der Waals surface area contributed by atoms with Crippen molar-refractivity contribution in [2.45, 2.75) is 10.9 Å². The molecule has 0 bridgehead atoms. The van der Waals surface area contributed by atoms with Crippen molar-refractivity contribution in [1.82, 2.24) is 9.36 Å². The Labute approximate surface area is 204 Å². The van der Waals surface area contributed by atoms with Crippen molar-refractivity contribution >= 4 is 50.1 Å². The van der Waals surface area contributed by atoms with Crippen LogP contribution in [0.1, 0.15) is 11.3 Å². The molecule has 0 fully saturated rings. The third-order valence-electron chi connectivity index (χ3n) is 4.52. The highest BCUT2D eigenvalue weighted by molar-refractivity contribution is 7.90. The van der Waals surface area contributed by atoms with Gasteiger partial charge in [-0.1, -0.05) is 54.1 Å². The minimum Gasteiger partial charge on any atom is -0.457 e. The molecule has 1 amide bonds. The number of carbonyl (C=O) groups excluding carboxylic acids is 1. The highest BCUT2D eigenvalue weighted by Crippen LogP contribution is 2.29. The summed E-state index contributed by atoms with van der Waals surface area (Å²) in [4.78, 5) is 16.5. The standard InChI is InChI=1S/C23H15ClN4O4S2/c24-19-9-5-4-8-18(19)20-11-10-17(32-20)12-16(13-25)21(29)26-22-27-23(28-33-22)34(30,31)14-15-6-2-1-3-7-15/h1-12H,14H2,(H,26,27,28,29). The van der Waals surface area contributed by atoms with E-state index in [2.05, 4.69) is 14.7 Å². The molecule has 0 spiro atoms. The molecule has 0 aliphatic carbocycles. The second kappa shape index (κ2) is 10.0. The van der Waals surface area contributed by atoms with Gasteiger partial charge in [0.25, 0.3) is 11.1 Å². The van der Waals surface area contributed by atoms with Crippen LogP contribution in [-0.4, -0.2) is 23.7 Å². The SMILES string of the molecule is N#CC(=Cc1ccc(-c2ccccc2Cl)o1)C(=O)Nc1nc(S(=O)(=O)Cc2ccccc2)ns1. The van der Waals surface area contributed by atoms with Crippen molar-refractivity contribution < 1.29 is 17.6 Å². The fourth-order valence-electron chi connectivity index (χ4n) is 2.94. The lowest BCUT2D eigenvalue weighted by Gasteiger charge is -2.01. The van der Waals surface area contributed by atoms with Gasteiger partial charge in [-0.05, 0) is 29.8 Å². The summed E-state index contributed by atoms with van der Waals surface area (Å²) < 4.78 is 34.7. The van der Waals surface area contributed by atoms with E-state index in [1.165, 1.54) is 6.08 Å². The van der Waals surface area contributed by atoms with E-state index in [9.17, 15) is 18.5 Å². The second-order valence-electron chi connectivity index (χ2n) is 6.93. The van der Waals surface area contributed by atoms with Crippen LogP contribution in [0.3, 0.4) is 0 Å². The summed E-state index contributed by atoms with van der Waals surface area (Å²) >= 11 is 6.88. The van der Waals surface area contributed by atoms with Crippen LogP contribution in [0.25, 0.3) is 17.4 Å². The Bertz CT molecular complexity index is 1520. The first-order valence-corrected chi connectivity index (χ1v) is 12.5. The summed E-state index contributed by atoms with van der Waals surface area (Å²) in [5.74, 6) is -0.300. The number of hydrogen-bond acceptors (Lipinski definition) is 8. The fourth-order valence-corrected chi connectivity index (χ4v) is 5.25. The normalized spacial score (nSPS) is 11.7. The van der Waals surface area contributed by atoms with Crippen molar-refractivity contribution in [1.29, 1.82) is 5.26 Å². The van der Waals surface area contributed by atoms with Crippen molar-refractivity contribution in [2.75, 3.05) is 5.32 Å². The predicted octanol–water partition coefficient (Wildman–Crippen LogP) is 4.97. The van der Waals surface area contributed by atoms with E-state index in [1.54, 1.807) is 66.7 Å². The molecule has 2 aromatic heterocycles. The van der Waals surface area contributed by atoms with E-state index in [0.717, 1.165) is 0 Å². The molecule has 0 saturated heterocycles. The van der Waals surface area contributed by atoms with Crippen molar-refractivity contribution in [3.8, 4) is 17.4 Å². The summed E-state index contributed by atoms with van der Waals surface area (Å²) in [5.41, 5.74) is 1.00. The monoisotopic (exact) mass is 510 g/mol. The zero-order valence-electron chi connectivity index (χ0n) is 17.3. The smallest absolute Gasteiger partial charge is 0.268 e. The number of halogens is 1. The van der Waals surface area contributed by atoms with Crippen molar-refractivity contribution in [2.24, 2.45) is 0 Å². The molecular formula is C23H15ClN4O4S2. The van der Waals surface area contributed by atoms with Crippen LogP contribution in [0.2, 0.25) is 5.02 Å². The number of benzene rings is 2. The molecule has 0 aliphatic heterocycles. The van der Waals surface area contributed by atoms with Crippen molar-refractivity contribution in [3.05, 3.63) is 88.6 Å². The molecule has 4 rings (SSSR count). The Hall–Kier alpha value is -3.78. The quantitative estimate of drug-likeness (QED) is 0.274. The number of anilines is 1. The molecule has 34 heavy (non-hydrogen) atoms. The van der Waals surface area contributed by atoms with Gasteiger partial charge in [0.2, 0.25) is 15.0 Å². The summed E-state index contributed by atoms with van der Waals surface area (Å²) in [6, 6.07) is 20.8. The molecule has 170 valence electrons. The maximum absolute atomic E-state index is 12.6. The zero-order valence-corrected chi connectivity index (χ0v) is 19.7. The third-order valence-corrected chi connectivity index (χ3v) is 7.05. The average molecular weight is 511 g/mol. The maximum atomic E-state index is 12.6. The summed E-state index contributed by atoms with van der Waals surface area (Å²) in [6.45, 7) is 0. The Morgan fingerprint density at radius 2 is 1.85 bits per heavy atom. The van der Waals surface area contributed by atoms with Crippen molar-refractivity contribution in [3.63, 3.8) is 0 Å². The molecule has 4 aromatic rings. The largest absolute Gasteiger partial charge is 0.457 e.